The van der Waals surface area contributed by atoms with E-state index in [-0.39, 0.29) is 0 Å². The van der Waals surface area contributed by atoms with Crippen LogP contribution in [0, 0.1) is 0 Å². The van der Waals surface area contributed by atoms with Crippen molar-refractivity contribution in [3.05, 3.63) is 12.4 Å². The molecule has 1 fully saturated rings. The van der Waals surface area contributed by atoms with Gasteiger partial charge in [0, 0.05) is 13.1 Å². The fraction of sp³-hybridized carbons (Fsp3) is 0.636. The second kappa shape index (κ2) is 4.25. The largest absolute Gasteiger partial charge is 0.390 e. The molecule has 3 N–H and O–H groups in total. The first-order chi connectivity index (χ1) is 7.57. The van der Waals surface area contributed by atoms with E-state index < -0.39 is 5.60 Å². The maximum absolute atomic E-state index is 9.99. The third-order valence-electron chi connectivity index (χ3n) is 3.03. The summed E-state index contributed by atoms with van der Waals surface area (Å²) in [5.41, 5.74) is 5.05. The van der Waals surface area contributed by atoms with Gasteiger partial charge in [-0.15, -0.1) is 0 Å². The number of aliphatic hydroxyl groups is 1. The smallest absolute Gasteiger partial charge is 0.149 e. The van der Waals surface area contributed by atoms with Gasteiger partial charge in [-0.05, 0) is 26.2 Å². The van der Waals surface area contributed by atoms with E-state index in [2.05, 4.69) is 14.9 Å². The molecule has 1 aliphatic heterocycles. The molecule has 1 aliphatic rings. The van der Waals surface area contributed by atoms with Gasteiger partial charge in [-0.3, -0.25) is 4.98 Å². The standard InChI is InChI=1S/C11H18N4O/c1-11(16)3-2-5-15(6-4-11)10-8-13-7-9(12)14-10/h7-8,16H,2-6H2,1H3,(H2,12,14). The Hall–Kier alpha value is -1.36. The summed E-state index contributed by atoms with van der Waals surface area (Å²) in [6.45, 7) is 3.58. The molecule has 0 aromatic carbocycles. The minimum atomic E-state index is -0.553. The fourth-order valence-electron chi connectivity index (χ4n) is 2.02. The molecule has 1 saturated heterocycles. The number of nitrogens with two attached hydrogens (primary N) is 1. The molecule has 1 atom stereocenters. The van der Waals surface area contributed by atoms with E-state index in [9.17, 15) is 5.11 Å². The second-order valence-corrected chi connectivity index (χ2v) is 4.64. The number of rotatable bonds is 1. The summed E-state index contributed by atoms with van der Waals surface area (Å²) in [5, 5.41) is 9.99. The summed E-state index contributed by atoms with van der Waals surface area (Å²) in [7, 11) is 0. The van der Waals surface area contributed by atoms with Crippen molar-refractivity contribution in [3.63, 3.8) is 0 Å². The second-order valence-electron chi connectivity index (χ2n) is 4.64. The van der Waals surface area contributed by atoms with Crippen molar-refractivity contribution < 1.29 is 5.11 Å². The van der Waals surface area contributed by atoms with Gasteiger partial charge in [0.1, 0.15) is 11.6 Å². The van der Waals surface area contributed by atoms with Crippen molar-refractivity contribution in [1.29, 1.82) is 0 Å². The van der Waals surface area contributed by atoms with Gasteiger partial charge in [-0.1, -0.05) is 0 Å². The Morgan fingerprint density at radius 1 is 1.38 bits per heavy atom. The third-order valence-corrected chi connectivity index (χ3v) is 3.03. The molecule has 16 heavy (non-hydrogen) atoms. The van der Waals surface area contributed by atoms with Gasteiger partial charge in [0.15, 0.2) is 0 Å². The molecule has 88 valence electrons. The SMILES string of the molecule is CC1(O)CCCN(c2cncc(N)n2)CC1. The van der Waals surface area contributed by atoms with Crippen LogP contribution < -0.4 is 10.6 Å². The molecule has 5 nitrogen and oxygen atoms in total. The minimum absolute atomic E-state index is 0.438. The normalized spacial score (nSPS) is 26.5. The highest BCUT2D eigenvalue weighted by Gasteiger charge is 2.25. The lowest BCUT2D eigenvalue weighted by atomic mass is 9.98. The molecule has 0 aliphatic carbocycles. The van der Waals surface area contributed by atoms with Crippen LogP contribution in [0.15, 0.2) is 12.4 Å². The lowest BCUT2D eigenvalue weighted by Gasteiger charge is -2.23. The number of nitrogens with zero attached hydrogens (tertiary/aromatic N) is 3. The summed E-state index contributed by atoms with van der Waals surface area (Å²) >= 11 is 0. The molecule has 0 spiro atoms. The summed E-state index contributed by atoms with van der Waals surface area (Å²) in [4.78, 5) is 10.4. The van der Waals surface area contributed by atoms with Crippen LogP contribution in [0.2, 0.25) is 0 Å². The molecule has 0 saturated carbocycles. The Morgan fingerprint density at radius 3 is 2.94 bits per heavy atom. The number of hydrogen-bond acceptors (Lipinski definition) is 5. The van der Waals surface area contributed by atoms with Gasteiger partial charge < -0.3 is 15.7 Å². The molecule has 5 heteroatoms. The van der Waals surface area contributed by atoms with E-state index >= 15 is 0 Å². The summed E-state index contributed by atoms with van der Waals surface area (Å²) < 4.78 is 0. The maximum atomic E-state index is 9.99. The number of anilines is 2. The topological polar surface area (TPSA) is 75.3 Å². The van der Waals surface area contributed by atoms with Crippen LogP contribution in [0.5, 0.6) is 0 Å². The zero-order valence-corrected chi connectivity index (χ0v) is 9.56. The van der Waals surface area contributed by atoms with Crippen LogP contribution >= 0.6 is 0 Å². The molecule has 0 radical (unpaired) electrons. The van der Waals surface area contributed by atoms with Crippen molar-refractivity contribution in [3.8, 4) is 0 Å². The van der Waals surface area contributed by atoms with Gasteiger partial charge in [0.05, 0.1) is 18.0 Å². The quantitative estimate of drug-likeness (QED) is 0.735. The van der Waals surface area contributed by atoms with E-state index in [0.717, 1.165) is 38.2 Å². The Morgan fingerprint density at radius 2 is 2.19 bits per heavy atom. The Balaban J connectivity index is 2.11. The van der Waals surface area contributed by atoms with E-state index in [4.69, 9.17) is 5.73 Å². The van der Waals surface area contributed by atoms with Gasteiger partial charge in [-0.2, -0.15) is 0 Å². The monoisotopic (exact) mass is 222 g/mol. The van der Waals surface area contributed by atoms with Gasteiger partial charge in [0.2, 0.25) is 0 Å². The summed E-state index contributed by atoms with van der Waals surface area (Å²) in [6.07, 6.45) is 5.81. The van der Waals surface area contributed by atoms with Crippen LogP contribution in [0.3, 0.4) is 0 Å². The van der Waals surface area contributed by atoms with Crippen molar-refractivity contribution >= 4 is 11.6 Å². The van der Waals surface area contributed by atoms with Crippen molar-refractivity contribution in [2.24, 2.45) is 0 Å². The molecule has 0 bridgehead atoms. The maximum Gasteiger partial charge on any atom is 0.149 e. The highest BCUT2D eigenvalue weighted by atomic mass is 16.3. The van der Waals surface area contributed by atoms with Crippen LogP contribution in [0.1, 0.15) is 26.2 Å². The van der Waals surface area contributed by atoms with E-state index in [1.807, 2.05) is 6.92 Å². The highest BCUT2D eigenvalue weighted by molar-refractivity contribution is 5.41. The zero-order chi connectivity index (χ0) is 11.6. The molecule has 2 heterocycles. The lowest BCUT2D eigenvalue weighted by molar-refractivity contribution is 0.0481. The molecule has 2 rings (SSSR count). The first-order valence-electron chi connectivity index (χ1n) is 5.62. The first-order valence-corrected chi connectivity index (χ1v) is 5.62. The number of hydrogen-bond donors (Lipinski definition) is 2. The summed E-state index contributed by atoms with van der Waals surface area (Å²) in [6, 6.07) is 0. The Labute approximate surface area is 95.3 Å². The predicted octanol–water partition coefficient (Wildman–Crippen LogP) is 0.800. The van der Waals surface area contributed by atoms with Crippen molar-refractivity contribution in [2.45, 2.75) is 31.8 Å². The van der Waals surface area contributed by atoms with Crippen LogP contribution in [0.4, 0.5) is 11.6 Å². The fourth-order valence-corrected chi connectivity index (χ4v) is 2.02. The molecule has 1 aromatic heterocycles. The van der Waals surface area contributed by atoms with Crippen molar-refractivity contribution in [2.75, 3.05) is 23.7 Å². The van der Waals surface area contributed by atoms with Crippen LogP contribution in [0.25, 0.3) is 0 Å². The van der Waals surface area contributed by atoms with E-state index in [1.54, 1.807) is 6.20 Å². The van der Waals surface area contributed by atoms with E-state index in [0.29, 0.717) is 5.82 Å². The van der Waals surface area contributed by atoms with Gasteiger partial charge in [-0.25, -0.2) is 4.98 Å². The predicted molar refractivity (Wildman–Crippen MR) is 63.1 cm³/mol. The molecule has 0 amide bonds. The average molecular weight is 222 g/mol. The Bertz CT molecular complexity index is 367. The van der Waals surface area contributed by atoms with E-state index in [1.165, 1.54) is 6.20 Å². The highest BCUT2D eigenvalue weighted by Crippen LogP contribution is 2.24. The third kappa shape index (κ3) is 2.61. The average Bonchev–Trinajstić information content (AvgIpc) is 2.39. The zero-order valence-electron chi connectivity index (χ0n) is 9.56. The van der Waals surface area contributed by atoms with Crippen molar-refractivity contribution in [1.82, 2.24) is 9.97 Å². The first kappa shape index (κ1) is 11.1. The van der Waals surface area contributed by atoms with Crippen LogP contribution in [-0.4, -0.2) is 33.8 Å². The Kier molecular flexibility index (Phi) is 2.96. The number of nitrogen functional groups attached to an aromatic ring is 1. The molecular weight excluding hydrogens is 204 g/mol. The van der Waals surface area contributed by atoms with Crippen LogP contribution in [-0.2, 0) is 0 Å². The summed E-state index contributed by atoms with van der Waals surface area (Å²) in [5.74, 6) is 1.24. The van der Waals surface area contributed by atoms with Gasteiger partial charge in [0.25, 0.3) is 0 Å². The van der Waals surface area contributed by atoms with Gasteiger partial charge >= 0.3 is 0 Å². The molecular formula is C11H18N4O. The molecule has 1 unspecified atom stereocenters. The minimum Gasteiger partial charge on any atom is -0.390 e. The lowest BCUT2D eigenvalue weighted by Crippen LogP contribution is -2.29. The number of aromatic nitrogens is 2. The molecule has 1 aromatic rings.